The van der Waals surface area contributed by atoms with Crippen LogP contribution in [0.1, 0.15) is 12.8 Å². The Morgan fingerprint density at radius 2 is 2.10 bits per heavy atom. The Kier molecular flexibility index (Phi) is 6.24. The van der Waals surface area contributed by atoms with E-state index < -0.39 is 26.4 Å². The molecule has 1 aromatic carbocycles. The SMILES string of the molecule is CSCCCCNS(=O)(=O)c1ccc(O)c([N+](=O)[O-])c1. The van der Waals surface area contributed by atoms with Crippen LogP contribution in [0.25, 0.3) is 0 Å². The van der Waals surface area contributed by atoms with E-state index in [-0.39, 0.29) is 11.4 Å². The first-order valence-corrected chi connectivity index (χ1v) is 8.72. The van der Waals surface area contributed by atoms with E-state index in [0.717, 1.165) is 30.4 Å². The number of nitro benzene ring substituents is 1. The molecule has 9 heteroatoms. The molecular weight excluding hydrogens is 304 g/mol. The summed E-state index contributed by atoms with van der Waals surface area (Å²) in [6, 6.07) is 2.98. The summed E-state index contributed by atoms with van der Waals surface area (Å²) < 4.78 is 26.2. The first kappa shape index (κ1) is 16.7. The molecule has 0 aliphatic heterocycles. The number of nitrogens with one attached hydrogen (secondary N) is 1. The van der Waals surface area contributed by atoms with Crippen molar-refractivity contribution in [3.63, 3.8) is 0 Å². The first-order valence-electron chi connectivity index (χ1n) is 5.84. The predicted molar refractivity (Wildman–Crippen MR) is 77.6 cm³/mol. The number of hydrogen-bond acceptors (Lipinski definition) is 6. The van der Waals surface area contributed by atoms with Gasteiger partial charge in [0.15, 0.2) is 5.75 Å². The van der Waals surface area contributed by atoms with Gasteiger partial charge in [-0.05, 0) is 37.0 Å². The van der Waals surface area contributed by atoms with Crippen LogP contribution >= 0.6 is 11.8 Å². The minimum atomic E-state index is -3.79. The Labute approximate surface area is 121 Å². The highest BCUT2D eigenvalue weighted by Gasteiger charge is 2.20. The van der Waals surface area contributed by atoms with Crippen molar-refractivity contribution in [1.82, 2.24) is 4.72 Å². The zero-order chi connectivity index (χ0) is 15.2. The molecule has 0 atom stereocenters. The average molecular weight is 320 g/mol. The van der Waals surface area contributed by atoms with E-state index in [2.05, 4.69) is 4.72 Å². The number of phenolic OH excluding ortho intramolecular Hbond substituents is 1. The van der Waals surface area contributed by atoms with Crippen molar-refractivity contribution in [2.75, 3.05) is 18.6 Å². The van der Waals surface area contributed by atoms with Crippen molar-refractivity contribution in [2.24, 2.45) is 0 Å². The lowest BCUT2D eigenvalue weighted by Crippen LogP contribution is -2.24. The third kappa shape index (κ3) is 4.66. The average Bonchev–Trinajstić information content (AvgIpc) is 2.38. The maximum Gasteiger partial charge on any atom is 0.312 e. The van der Waals surface area contributed by atoms with Gasteiger partial charge in [0, 0.05) is 12.6 Å². The molecule has 0 heterocycles. The highest BCUT2D eigenvalue weighted by atomic mass is 32.2. The zero-order valence-electron chi connectivity index (χ0n) is 10.9. The van der Waals surface area contributed by atoms with Gasteiger partial charge in [0.25, 0.3) is 0 Å². The Morgan fingerprint density at radius 1 is 1.40 bits per heavy atom. The number of nitro groups is 1. The molecule has 0 saturated carbocycles. The van der Waals surface area contributed by atoms with Crippen LogP contribution in [0, 0.1) is 10.1 Å². The Morgan fingerprint density at radius 3 is 2.70 bits per heavy atom. The number of unbranched alkanes of at least 4 members (excludes halogenated alkanes) is 1. The summed E-state index contributed by atoms with van der Waals surface area (Å²) >= 11 is 1.68. The summed E-state index contributed by atoms with van der Waals surface area (Å²) in [5, 5.41) is 19.9. The Bertz CT molecular complexity index is 574. The molecule has 20 heavy (non-hydrogen) atoms. The van der Waals surface area contributed by atoms with Gasteiger partial charge in [-0.15, -0.1) is 0 Å². The summed E-state index contributed by atoms with van der Waals surface area (Å²) in [5.74, 6) is 0.390. The monoisotopic (exact) mass is 320 g/mol. The fourth-order valence-corrected chi connectivity index (χ4v) is 3.06. The molecule has 0 aliphatic carbocycles. The third-order valence-electron chi connectivity index (χ3n) is 2.52. The van der Waals surface area contributed by atoms with Crippen molar-refractivity contribution in [3.8, 4) is 5.75 Å². The number of aromatic hydroxyl groups is 1. The van der Waals surface area contributed by atoms with Gasteiger partial charge in [-0.2, -0.15) is 11.8 Å². The molecule has 0 aliphatic rings. The van der Waals surface area contributed by atoms with Crippen molar-refractivity contribution in [1.29, 1.82) is 0 Å². The second-order valence-electron chi connectivity index (χ2n) is 4.01. The molecule has 0 bridgehead atoms. The lowest BCUT2D eigenvalue weighted by atomic mass is 10.3. The molecule has 1 aromatic rings. The largest absolute Gasteiger partial charge is 0.502 e. The van der Waals surface area contributed by atoms with Gasteiger partial charge in [-0.25, -0.2) is 13.1 Å². The number of phenols is 1. The molecule has 1 rings (SSSR count). The standard InChI is InChI=1S/C11H16N2O5S2/c1-19-7-3-2-6-12-20(17,18)9-4-5-11(14)10(8-9)13(15)16/h4-5,8,12,14H,2-3,6-7H2,1H3. The topological polar surface area (TPSA) is 110 Å². The van der Waals surface area contributed by atoms with Gasteiger partial charge >= 0.3 is 5.69 Å². The van der Waals surface area contributed by atoms with E-state index in [4.69, 9.17) is 0 Å². The first-order chi connectivity index (χ1) is 9.38. The molecule has 0 fully saturated rings. The molecule has 0 amide bonds. The number of rotatable bonds is 8. The highest BCUT2D eigenvalue weighted by molar-refractivity contribution is 7.98. The summed E-state index contributed by atoms with van der Waals surface area (Å²) in [7, 11) is -3.79. The van der Waals surface area contributed by atoms with E-state index in [0.29, 0.717) is 6.42 Å². The number of thioether (sulfide) groups is 1. The fraction of sp³-hybridized carbons (Fsp3) is 0.455. The van der Waals surface area contributed by atoms with E-state index in [1.54, 1.807) is 11.8 Å². The van der Waals surface area contributed by atoms with Gasteiger partial charge in [0.05, 0.1) is 9.82 Å². The van der Waals surface area contributed by atoms with Crippen LogP contribution in [0.2, 0.25) is 0 Å². The minimum absolute atomic E-state index is 0.230. The lowest BCUT2D eigenvalue weighted by molar-refractivity contribution is -0.386. The second-order valence-corrected chi connectivity index (χ2v) is 6.76. The summed E-state index contributed by atoms with van der Waals surface area (Å²) in [6.45, 7) is 0.275. The van der Waals surface area contributed by atoms with Crippen molar-refractivity contribution in [2.45, 2.75) is 17.7 Å². The van der Waals surface area contributed by atoms with Gasteiger partial charge < -0.3 is 5.11 Å². The summed E-state index contributed by atoms with van der Waals surface area (Å²) in [4.78, 5) is 9.60. The van der Waals surface area contributed by atoms with Crippen LogP contribution in [0.4, 0.5) is 5.69 Å². The van der Waals surface area contributed by atoms with Gasteiger partial charge in [0.1, 0.15) is 0 Å². The minimum Gasteiger partial charge on any atom is -0.502 e. The van der Waals surface area contributed by atoms with Crippen molar-refractivity contribution in [3.05, 3.63) is 28.3 Å². The van der Waals surface area contributed by atoms with Crippen LogP contribution in [0.15, 0.2) is 23.1 Å². The van der Waals surface area contributed by atoms with E-state index in [1.165, 1.54) is 0 Å². The molecule has 0 saturated heterocycles. The van der Waals surface area contributed by atoms with Crippen molar-refractivity contribution < 1.29 is 18.4 Å². The molecule has 0 spiro atoms. The van der Waals surface area contributed by atoms with Crippen LogP contribution in [0.5, 0.6) is 5.75 Å². The Hall–Kier alpha value is -1.32. The number of sulfonamides is 1. The molecule has 0 unspecified atom stereocenters. The maximum absolute atomic E-state index is 11.9. The van der Waals surface area contributed by atoms with E-state index in [9.17, 15) is 23.6 Å². The lowest BCUT2D eigenvalue weighted by Gasteiger charge is -2.07. The second kappa shape index (κ2) is 7.46. The summed E-state index contributed by atoms with van der Waals surface area (Å²) in [5.41, 5.74) is -0.629. The molecule has 2 N–H and O–H groups in total. The van der Waals surface area contributed by atoms with Crippen LogP contribution < -0.4 is 4.72 Å². The molecular formula is C11H16N2O5S2. The number of hydrogen-bond donors (Lipinski definition) is 2. The van der Waals surface area contributed by atoms with Gasteiger partial charge in [-0.3, -0.25) is 10.1 Å². The number of nitrogens with zero attached hydrogens (tertiary/aromatic N) is 1. The predicted octanol–water partition coefficient (Wildman–Crippen LogP) is 1.72. The van der Waals surface area contributed by atoms with E-state index >= 15 is 0 Å². The zero-order valence-corrected chi connectivity index (χ0v) is 12.5. The van der Waals surface area contributed by atoms with Gasteiger partial charge in [0.2, 0.25) is 10.0 Å². The fourth-order valence-electron chi connectivity index (χ4n) is 1.48. The smallest absolute Gasteiger partial charge is 0.312 e. The third-order valence-corrected chi connectivity index (χ3v) is 4.68. The van der Waals surface area contributed by atoms with Crippen LogP contribution in [-0.2, 0) is 10.0 Å². The summed E-state index contributed by atoms with van der Waals surface area (Å²) in [6.07, 6.45) is 3.55. The normalized spacial score (nSPS) is 11.4. The highest BCUT2D eigenvalue weighted by Crippen LogP contribution is 2.28. The number of benzene rings is 1. The molecule has 112 valence electrons. The molecule has 0 radical (unpaired) electrons. The van der Waals surface area contributed by atoms with Crippen molar-refractivity contribution >= 4 is 27.5 Å². The van der Waals surface area contributed by atoms with E-state index in [1.807, 2.05) is 6.26 Å². The van der Waals surface area contributed by atoms with Gasteiger partial charge in [-0.1, -0.05) is 0 Å². The molecule has 7 nitrogen and oxygen atoms in total. The Balaban J connectivity index is 2.77. The quantitative estimate of drug-likeness (QED) is 0.429. The van der Waals surface area contributed by atoms with Crippen LogP contribution in [0.3, 0.4) is 0 Å². The van der Waals surface area contributed by atoms with Crippen LogP contribution in [-0.4, -0.2) is 37.0 Å². The molecule has 0 aromatic heterocycles. The maximum atomic E-state index is 11.9.